The van der Waals surface area contributed by atoms with Crippen molar-refractivity contribution in [3.63, 3.8) is 0 Å². The molecule has 19 heavy (non-hydrogen) atoms. The quantitative estimate of drug-likeness (QED) is 0.840. The average molecular weight is 265 g/mol. The SMILES string of the molecule is COc1ccncc1NC(=O)C1(CN)CCOCC1. The Bertz CT molecular complexity index is 445. The highest BCUT2D eigenvalue weighted by molar-refractivity contribution is 5.96. The van der Waals surface area contributed by atoms with Crippen molar-refractivity contribution in [2.24, 2.45) is 11.1 Å². The molecule has 0 spiro atoms. The second kappa shape index (κ2) is 5.99. The number of rotatable bonds is 4. The zero-order valence-electron chi connectivity index (χ0n) is 11.0. The van der Waals surface area contributed by atoms with Crippen molar-refractivity contribution < 1.29 is 14.3 Å². The summed E-state index contributed by atoms with van der Waals surface area (Å²) >= 11 is 0. The molecular weight excluding hydrogens is 246 g/mol. The Labute approximate surface area is 112 Å². The van der Waals surface area contributed by atoms with Crippen LogP contribution in [-0.2, 0) is 9.53 Å². The van der Waals surface area contributed by atoms with Crippen LogP contribution in [0.4, 0.5) is 5.69 Å². The van der Waals surface area contributed by atoms with Crippen LogP contribution in [-0.4, -0.2) is 37.8 Å². The van der Waals surface area contributed by atoms with Gasteiger partial charge in [0.25, 0.3) is 0 Å². The van der Waals surface area contributed by atoms with E-state index in [2.05, 4.69) is 10.3 Å². The van der Waals surface area contributed by atoms with E-state index in [4.69, 9.17) is 15.2 Å². The molecule has 0 unspecified atom stereocenters. The van der Waals surface area contributed by atoms with Crippen molar-refractivity contribution in [2.75, 3.05) is 32.2 Å². The number of nitrogens with one attached hydrogen (secondary N) is 1. The van der Waals surface area contributed by atoms with Gasteiger partial charge < -0.3 is 20.5 Å². The van der Waals surface area contributed by atoms with Crippen LogP contribution in [0.1, 0.15) is 12.8 Å². The first-order valence-electron chi connectivity index (χ1n) is 6.29. The van der Waals surface area contributed by atoms with Gasteiger partial charge in [-0.1, -0.05) is 0 Å². The Morgan fingerprint density at radius 3 is 2.95 bits per heavy atom. The van der Waals surface area contributed by atoms with E-state index < -0.39 is 5.41 Å². The lowest BCUT2D eigenvalue weighted by molar-refractivity contribution is -0.130. The first-order valence-corrected chi connectivity index (χ1v) is 6.29. The van der Waals surface area contributed by atoms with Gasteiger partial charge in [0.15, 0.2) is 0 Å². The summed E-state index contributed by atoms with van der Waals surface area (Å²) in [5, 5.41) is 2.86. The Morgan fingerprint density at radius 1 is 1.58 bits per heavy atom. The topological polar surface area (TPSA) is 86.5 Å². The minimum Gasteiger partial charge on any atom is -0.494 e. The molecule has 2 heterocycles. The van der Waals surface area contributed by atoms with E-state index >= 15 is 0 Å². The van der Waals surface area contributed by atoms with E-state index in [-0.39, 0.29) is 5.91 Å². The molecule has 1 fully saturated rings. The van der Waals surface area contributed by atoms with Crippen LogP contribution >= 0.6 is 0 Å². The maximum atomic E-state index is 12.5. The minimum atomic E-state index is -0.556. The zero-order valence-corrected chi connectivity index (χ0v) is 11.0. The summed E-state index contributed by atoms with van der Waals surface area (Å²) in [4.78, 5) is 16.4. The fourth-order valence-electron chi connectivity index (χ4n) is 2.19. The van der Waals surface area contributed by atoms with Crippen molar-refractivity contribution in [2.45, 2.75) is 12.8 Å². The summed E-state index contributed by atoms with van der Waals surface area (Å²) in [5.41, 5.74) is 5.81. The largest absolute Gasteiger partial charge is 0.494 e. The van der Waals surface area contributed by atoms with Crippen molar-refractivity contribution in [1.29, 1.82) is 0 Å². The Kier molecular flexibility index (Phi) is 4.34. The molecule has 3 N–H and O–H groups in total. The number of aromatic nitrogens is 1. The summed E-state index contributed by atoms with van der Waals surface area (Å²) in [5.74, 6) is 0.493. The molecule has 0 aromatic carbocycles. The molecule has 1 aliphatic rings. The molecule has 1 saturated heterocycles. The van der Waals surface area contributed by atoms with Crippen LogP contribution < -0.4 is 15.8 Å². The van der Waals surface area contributed by atoms with Gasteiger partial charge in [-0.25, -0.2) is 0 Å². The maximum Gasteiger partial charge on any atom is 0.232 e. The first-order chi connectivity index (χ1) is 9.22. The number of carbonyl (C=O) groups is 1. The molecule has 104 valence electrons. The molecule has 6 heteroatoms. The first kappa shape index (κ1) is 13.8. The number of ether oxygens (including phenoxy) is 2. The van der Waals surface area contributed by atoms with Crippen LogP contribution in [0.2, 0.25) is 0 Å². The van der Waals surface area contributed by atoms with Gasteiger partial charge in [-0.05, 0) is 12.8 Å². The van der Waals surface area contributed by atoms with E-state index in [1.54, 1.807) is 25.6 Å². The number of nitrogens with zero attached hydrogens (tertiary/aromatic N) is 1. The van der Waals surface area contributed by atoms with Gasteiger partial charge in [0.05, 0.1) is 18.7 Å². The lowest BCUT2D eigenvalue weighted by atomic mass is 9.79. The van der Waals surface area contributed by atoms with Gasteiger partial charge in [0, 0.05) is 32.0 Å². The van der Waals surface area contributed by atoms with Crippen molar-refractivity contribution >= 4 is 11.6 Å². The molecule has 1 amide bonds. The molecule has 6 nitrogen and oxygen atoms in total. The van der Waals surface area contributed by atoms with Crippen LogP contribution in [0, 0.1) is 5.41 Å². The predicted octanol–water partition coefficient (Wildman–Crippen LogP) is 0.784. The molecule has 0 bridgehead atoms. The summed E-state index contributed by atoms with van der Waals surface area (Å²) in [7, 11) is 1.55. The Morgan fingerprint density at radius 2 is 2.32 bits per heavy atom. The second-order valence-corrected chi connectivity index (χ2v) is 4.63. The number of hydrogen-bond acceptors (Lipinski definition) is 5. The lowest BCUT2D eigenvalue weighted by Crippen LogP contribution is -2.46. The van der Waals surface area contributed by atoms with Crippen LogP contribution in [0.15, 0.2) is 18.5 Å². The number of carbonyl (C=O) groups excluding carboxylic acids is 1. The molecule has 0 atom stereocenters. The van der Waals surface area contributed by atoms with Gasteiger partial charge in [-0.15, -0.1) is 0 Å². The fraction of sp³-hybridized carbons (Fsp3) is 0.538. The third-order valence-electron chi connectivity index (χ3n) is 3.57. The molecular formula is C13H19N3O3. The summed E-state index contributed by atoms with van der Waals surface area (Å²) in [6.07, 6.45) is 4.46. The number of pyridine rings is 1. The zero-order chi connectivity index (χ0) is 13.7. The van der Waals surface area contributed by atoms with E-state index in [0.29, 0.717) is 44.0 Å². The number of methoxy groups -OCH3 is 1. The summed E-state index contributed by atoms with van der Waals surface area (Å²) < 4.78 is 10.5. The van der Waals surface area contributed by atoms with Crippen molar-refractivity contribution in [3.8, 4) is 5.75 Å². The monoisotopic (exact) mass is 265 g/mol. The minimum absolute atomic E-state index is 0.0930. The van der Waals surface area contributed by atoms with E-state index in [1.807, 2.05) is 0 Å². The molecule has 0 aliphatic carbocycles. The van der Waals surface area contributed by atoms with E-state index in [9.17, 15) is 4.79 Å². The van der Waals surface area contributed by atoms with E-state index in [0.717, 1.165) is 0 Å². The van der Waals surface area contributed by atoms with Crippen molar-refractivity contribution in [1.82, 2.24) is 4.98 Å². The fourth-order valence-corrected chi connectivity index (χ4v) is 2.19. The smallest absolute Gasteiger partial charge is 0.232 e. The second-order valence-electron chi connectivity index (χ2n) is 4.63. The molecule has 0 radical (unpaired) electrons. The van der Waals surface area contributed by atoms with E-state index in [1.165, 1.54) is 0 Å². The molecule has 1 aromatic rings. The third-order valence-corrected chi connectivity index (χ3v) is 3.57. The number of amides is 1. The summed E-state index contributed by atoms with van der Waals surface area (Å²) in [6, 6.07) is 1.70. The summed E-state index contributed by atoms with van der Waals surface area (Å²) in [6.45, 7) is 1.44. The average Bonchev–Trinajstić information content (AvgIpc) is 2.48. The number of nitrogens with two attached hydrogens (primary N) is 1. The van der Waals surface area contributed by atoms with Gasteiger partial charge in [0.2, 0.25) is 5.91 Å². The molecule has 2 rings (SSSR count). The number of hydrogen-bond donors (Lipinski definition) is 2. The highest BCUT2D eigenvalue weighted by Gasteiger charge is 2.39. The van der Waals surface area contributed by atoms with Gasteiger partial charge in [-0.2, -0.15) is 0 Å². The molecule has 0 saturated carbocycles. The van der Waals surface area contributed by atoms with Crippen molar-refractivity contribution in [3.05, 3.63) is 18.5 Å². The normalized spacial score (nSPS) is 17.8. The van der Waals surface area contributed by atoms with Crippen LogP contribution in [0.25, 0.3) is 0 Å². The Balaban J connectivity index is 2.15. The van der Waals surface area contributed by atoms with Gasteiger partial charge in [-0.3, -0.25) is 9.78 Å². The number of anilines is 1. The van der Waals surface area contributed by atoms with Gasteiger partial charge in [0.1, 0.15) is 11.4 Å². The lowest BCUT2D eigenvalue weighted by Gasteiger charge is -2.34. The highest BCUT2D eigenvalue weighted by Crippen LogP contribution is 2.32. The molecule has 1 aliphatic heterocycles. The van der Waals surface area contributed by atoms with Crippen LogP contribution in [0.3, 0.4) is 0 Å². The molecule has 1 aromatic heterocycles. The van der Waals surface area contributed by atoms with Gasteiger partial charge >= 0.3 is 0 Å². The highest BCUT2D eigenvalue weighted by atomic mass is 16.5. The van der Waals surface area contributed by atoms with Crippen LogP contribution in [0.5, 0.6) is 5.75 Å². The standard InChI is InChI=1S/C13H19N3O3/c1-18-11-2-5-15-8-10(11)16-12(17)13(9-14)3-6-19-7-4-13/h2,5,8H,3-4,6-7,9,14H2,1H3,(H,16,17). The maximum absolute atomic E-state index is 12.5. The third kappa shape index (κ3) is 2.85. The predicted molar refractivity (Wildman–Crippen MR) is 71.0 cm³/mol. The Hall–Kier alpha value is -1.66.